The van der Waals surface area contributed by atoms with Crippen LogP contribution in [0.3, 0.4) is 0 Å². The number of nitrogens with zero attached hydrogens (tertiary/aromatic N) is 1. The molecule has 0 saturated heterocycles. The van der Waals surface area contributed by atoms with Crippen molar-refractivity contribution >= 4 is 18.0 Å². The molecule has 34 heavy (non-hydrogen) atoms. The van der Waals surface area contributed by atoms with Gasteiger partial charge in [0.2, 0.25) is 5.91 Å². The number of carboxylic acids is 1. The number of alkyl carbamates (subject to hydrolysis) is 1. The number of hydrogen-bond donors (Lipinski definition) is 3. The van der Waals surface area contributed by atoms with E-state index in [2.05, 4.69) is 34.9 Å². The number of carbonyl (C=O) groups is 3. The molecule has 8 nitrogen and oxygen atoms in total. The minimum atomic E-state index is -0.841. The molecule has 2 aliphatic rings. The molecule has 1 atom stereocenters. The Kier molecular flexibility index (Phi) is 7.17. The van der Waals surface area contributed by atoms with E-state index in [0.29, 0.717) is 25.8 Å². The molecule has 1 unspecified atom stereocenters. The molecule has 3 N–H and O–H groups in total. The van der Waals surface area contributed by atoms with Crippen LogP contribution in [0.5, 0.6) is 0 Å². The monoisotopic (exact) mass is 465 g/mol. The molecule has 0 aliphatic heterocycles. The van der Waals surface area contributed by atoms with Crippen LogP contribution in [0.1, 0.15) is 36.3 Å². The summed E-state index contributed by atoms with van der Waals surface area (Å²) in [5.74, 6) is -1.63. The lowest BCUT2D eigenvalue weighted by molar-refractivity contribution is -0.146. The molecular formula is C26H31N3O5. The fourth-order valence-electron chi connectivity index (χ4n) is 4.68. The number of ether oxygens (including phenoxy) is 1. The minimum absolute atomic E-state index is 0.0601. The molecule has 180 valence electrons. The Hall–Kier alpha value is -3.39. The first-order chi connectivity index (χ1) is 16.3. The van der Waals surface area contributed by atoms with Crippen LogP contribution in [0.2, 0.25) is 0 Å². The topological polar surface area (TPSA) is 108 Å². The van der Waals surface area contributed by atoms with Gasteiger partial charge in [0.1, 0.15) is 12.6 Å². The van der Waals surface area contributed by atoms with Gasteiger partial charge in [-0.3, -0.25) is 9.59 Å². The van der Waals surface area contributed by atoms with Gasteiger partial charge in [-0.2, -0.15) is 0 Å². The Morgan fingerprint density at radius 2 is 1.62 bits per heavy atom. The summed E-state index contributed by atoms with van der Waals surface area (Å²) in [5.41, 5.74) is 4.54. The minimum Gasteiger partial charge on any atom is -0.481 e. The molecule has 2 aromatic carbocycles. The molecule has 0 spiro atoms. The van der Waals surface area contributed by atoms with Gasteiger partial charge in [-0.1, -0.05) is 48.5 Å². The van der Waals surface area contributed by atoms with Crippen LogP contribution in [0, 0.1) is 5.92 Å². The van der Waals surface area contributed by atoms with Gasteiger partial charge in [-0.25, -0.2) is 4.79 Å². The predicted octanol–water partition coefficient (Wildman–Crippen LogP) is 2.82. The van der Waals surface area contributed by atoms with Gasteiger partial charge < -0.3 is 25.4 Å². The molecule has 2 amide bonds. The second kappa shape index (κ2) is 10.3. The van der Waals surface area contributed by atoms with Gasteiger partial charge >= 0.3 is 12.1 Å². The Morgan fingerprint density at radius 1 is 1.03 bits per heavy atom. The lowest BCUT2D eigenvalue weighted by Gasteiger charge is -2.34. The molecule has 0 aromatic heterocycles. The molecule has 0 bridgehead atoms. The number of nitrogens with one attached hydrogen (secondary N) is 2. The zero-order valence-electron chi connectivity index (χ0n) is 19.5. The van der Waals surface area contributed by atoms with Crippen molar-refractivity contribution in [3.05, 3.63) is 59.7 Å². The van der Waals surface area contributed by atoms with Crippen LogP contribution < -0.4 is 10.6 Å². The van der Waals surface area contributed by atoms with Gasteiger partial charge in [-0.05, 0) is 62.2 Å². The highest BCUT2D eigenvalue weighted by Gasteiger charge is 2.37. The summed E-state index contributed by atoms with van der Waals surface area (Å²) >= 11 is 0. The first-order valence-electron chi connectivity index (χ1n) is 11.6. The van der Waals surface area contributed by atoms with Crippen LogP contribution in [0.25, 0.3) is 11.1 Å². The molecule has 1 saturated carbocycles. The van der Waals surface area contributed by atoms with Crippen LogP contribution in [-0.4, -0.2) is 67.3 Å². The van der Waals surface area contributed by atoms with Crippen molar-refractivity contribution in [3.63, 3.8) is 0 Å². The molecule has 0 heterocycles. The van der Waals surface area contributed by atoms with Crippen molar-refractivity contribution in [1.29, 1.82) is 0 Å². The van der Waals surface area contributed by atoms with Crippen LogP contribution in [0.15, 0.2) is 48.5 Å². The highest BCUT2D eigenvalue weighted by molar-refractivity contribution is 5.86. The SMILES string of the molecule is CN(C)CCC(NC(=O)OCC1c2ccccc2-c2ccccc21)C(=O)NC1CC(C(=O)O)C1. The molecule has 0 radical (unpaired) electrons. The molecule has 1 fully saturated rings. The summed E-state index contributed by atoms with van der Waals surface area (Å²) in [6.45, 7) is 0.773. The summed E-state index contributed by atoms with van der Waals surface area (Å²) < 4.78 is 5.60. The zero-order valence-corrected chi connectivity index (χ0v) is 19.5. The van der Waals surface area contributed by atoms with Gasteiger partial charge in [0.05, 0.1) is 5.92 Å². The summed E-state index contributed by atoms with van der Waals surface area (Å²) in [4.78, 5) is 38.4. The van der Waals surface area contributed by atoms with E-state index < -0.39 is 24.0 Å². The summed E-state index contributed by atoms with van der Waals surface area (Å²) in [5, 5.41) is 14.6. The summed E-state index contributed by atoms with van der Waals surface area (Å²) in [6, 6.07) is 15.3. The smallest absolute Gasteiger partial charge is 0.407 e. The van der Waals surface area contributed by atoms with Crippen LogP contribution >= 0.6 is 0 Å². The molecule has 4 rings (SSSR count). The van der Waals surface area contributed by atoms with E-state index in [1.807, 2.05) is 43.3 Å². The third-order valence-corrected chi connectivity index (χ3v) is 6.65. The lowest BCUT2D eigenvalue weighted by atomic mass is 9.80. The fourth-order valence-corrected chi connectivity index (χ4v) is 4.68. The maximum Gasteiger partial charge on any atom is 0.407 e. The third kappa shape index (κ3) is 5.22. The second-order valence-corrected chi connectivity index (χ2v) is 9.33. The largest absolute Gasteiger partial charge is 0.481 e. The molecule has 2 aliphatic carbocycles. The van der Waals surface area contributed by atoms with Gasteiger partial charge in [-0.15, -0.1) is 0 Å². The van der Waals surface area contributed by atoms with E-state index in [-0.39, 0.29) is 24.5 Å². The zero-order chi connectivity index (χ0) is 24.2. The highest BCUT2D eigenvalue weighted by atomic mass is 16.5. The highest BCUT2D eigenvalue weighted by Crippen LogP contribution is 2.44. The molecule has 2 aromatic rings. The number of hydrogen-bond acceptors (Lipinski definition) is 5. The predicted molar refractivity (Wildman–Crippen MR) is 127 cm³/mol. The first-order valence-corrected chi connectivity index (χ1v) is 11.6. The van der Waals surface area contributed by atoms with E-state index in [1.54, 1.807) is 0 Å². The number of carbonyl (C=O) groups excluding carboxylic acids is 2. The van der Waals surface area contributed by atoms with Crippen molar-refractivity contribution in [2.75, 3.05) is 27.2 Å². The average molecular weight is 466 g/mol. The maximum absolute atomic E-state index is 12.8. The van der Waals surface area contributed by atoms with Crippen LogP contribution in [-0.2, 0) is 14.3 Å². The van der Waals surface area contributed by atoms with E-state index in [1.165, 1.54) is 0 Å². The number of benzene rings is 2. The maximum atomic E-state index is 12.8. The Morgan fingerprint density at radius 3 is 2.18 bits per heavy atom. The number of rotatable bonds is 9. The van der Waals surface area contributed by atoms with Crippen molar-refractivity contribution in [1.82, 2.24) is 15.5 Å². The number of fused-ring (bicyclic) bond motifs is 3. The standard InChI is InChI=1S/C26H31N3O5/c1-29(2)12-11-23(24(30)27-17-13-16(14-17)25(31)32)28-26(33)34-15-22-20-9-5-3-7-18(20)19-8-4-6-10-21(19)22/h3-10,16-17,22-23H,11-15H2,1-2H3,(H,27,30)(H,28,33)(H,31,32). The first kappa shape index (κ1) is 23.8. The number of amides is 2. The van der Waals surface area contributed by atoms with Crippen molar-refractivity contribution in [2.24, 2.45) is 5.92 Å². The van der Waals surface area contributed by atoms with Gasteiger partial charge in [0, 0.05) is 12.0 Å². The van der Waals surface area contributed by atoms with E-state index >= 15 is 0 Å². The normalized spacial score (nSPS) is 19.5. The second-order valence-electron chi connectivity index (χ2n) is 9.33. The number of carboxylic acid groups (broad SMARTS) is 1. The quantitative estimate of drug-likeness (QED) is 0.526. The van der Waals surface area contributed by atoms with Gasteiger partial charge in [0.15, 0.2) is 0 Å². The van der Waals surface area contributed by atoms with Crippen molar-refractivity contribution in [3.8, 4) is 11.1 Å². The van der Waals surface area contributed by atoms with Crippen molar-refractivity contribution < 1.29 is 24.2 Å². The van der Waals surface area contributed by atoms with Gasteiger partial charge in [0.25, 0.3) is 0 Å². The fraction of sp³-hybridized carbons (Fsp3) is 0.423. The summed E-state index contributed by atoms with van der Waals surface area (Å²) in [7, 11) is 3.79. The molecule has 8 heteroatoms. The Balaban J connectivity index is 1.36. The lowest BCUT2D eigenvalue weighted by Crippen LogP contribution is -2.54. The van der Waals surface area contributed by atoms with Crippen LogP contribution in [0.4, 0.5) is 4.79 Å². The molecular weight excluding hydrogens is 434 g/mol. The number of aliphatic carboxylic acids is 1. The van der Waals surface area contributed by atoms with E-state index in [4.69, 9.17) is 9.84 Å². The average Bonchev–Trinajstić information content (AvgIpc) is 3.10. The third-order valence-electron chi connectivity index (χ3n) is 6.65. The summed E-state index contributed by atoms with van der Waals surface area (Å²) in [6.07, 6.45) is 0.592. The van der Waals surface area contributed by atoms with E-state index in [0.717, 1.165) is 22.3 Å². The van der Waals surface area contributed by atoms with E-state index in [9.17, 15) is 14.4 Å². The Bertz CT molecular complexity index is 1020. The van der Waals surface area contributed by atoms with Crippen molar-refractivity contribution in [2.45, 2.75) is 37.3 Å². The Labute approximate surface area is 199 Å².